The Morgan fingerprint density at radius 3 is 2.68 bits per heavy atom. The van der Waals surface area contributed by atoms with E-state index in [1.165, 1.54) is 38.4 Å². The van der Waals surface area contributed by atoms with Crippen molar-refractivity contribution in [1.29, 1.82) is 0 Å². The topological polar surface area (TPSA) is 75.7 Å². The van der Waals surface area contributed by atoms with Crippen molar-refractivity contribution in [2.75, 3.05) is 20.2 Å². The molecular formula is C19H24N2O4. The van der Waals surface area contributed by atoms with Crippen molar-refractivity contribution in [2.45, 2.75) is 38.7 Å². The molecule has 6 heteroatoms. The van der Waals surface area contributed by atoms with Crippen LogP contribution in [0.2, 0.25) is 0 Å². The Kier molecular flexibility index (Phi) is 5.18. The molecule has 1 aromatic rings. The first-order chi connectivity index (χ1) is 12.0. The maximum absolute atomic E-state index is 12.3. The van der Waals surface area contributed by atoms with Crippen LogP contribution < -0.4 is 5.32 Å². The van der Waals surface area contributed by atoms with Gasteiger partial charge in [0.2, 0.25) is 0 Å². The smallest absolute Gasteiger partial charge is 0.261 e. The van der Waals surface area contributed by atoms with Crippen molar-refractivity contribution < 1.29 is 19.1 Å². The summed E-state index contributed by atoms with van der Waals surface area (Å²) in [6, 6.07) is 4.59. The third-order valence-electron chi connectivity index (χ3n) is 5.10. The van der Waals surface area contributed by atoms with E-state index in [2.05, 4.69) is 12.2 Å². The number of hydrogen-bond acceptors (Lipinski definition) is 4. The van der Waals surface area contributed by atoms with E-state index in [0.717, 1.165) is 11.3 Å². The standard InChI is InChI=1S/C19H24N2O4/c1-12-5-3-4-6-16(12)25-10-9-20-17(22)13-7-8-14-15(11-13)19(24)21(2)18(14)23/h7-8,11-12,16H,3-6,9-10H2,1-2H3,(H,20,22). The minimum absolute atomic E-state index is 0.266. The first-order valence-electron chi connectivity index (χ1n) is 8.85. The van der Waals surface area contributed by atoms with E-state index in [4.69, 9.17) is 4.74 Å². The minimum Gasteiger partial charge on any atom is -0.376 e. The van der Waals surface area contributed by atoms with E-state index >= 15 is 0 Å². The van der Waals surface area contributed by atoms with E-state index in [-0.39, 0.29) is 29.4 Å². The molecule has 0 bridgehead atoms. The van der Waals surface area contributed by atoms with Crippen molar-refractivity contribution in [2.24, 2.45) is 5.92 Å². The molecule has 2 aliphatic rings. The van der Waals surface area contributed by atoms with Gasteiger partial charge in [0.15, 0.2) is 0 Å². The zero-order valence-electron chi connectivity index (χ0n) is 14.7. The molecule has 1 fully saturated rings. The summed E-state index contributed by atoms with van der Waals surface area (Å²) in [5, 5.41) is 2.81. The van der Waals surface area contributed by atoms with Crippen molar-refractivity contribution in [3.63, 3.8) is 0 Å². The molecular weight excluding hydrogens is 320 g/mol. The number of imide groups is 1. The van der Waals surface area contributed by atoms with Crippen LogP contribution in [0.25, 0.3) is 0 Å². The Morgan fingerprint density at radius 1 is 1.20 bits per heavy atom. The Labute approximate surface area is 147 Å². The van der Waals surface area contributed by atoms with Crippen LogP contribution >= 0.6 is 0 Å². The molecule has 0 spiro atoms. The number of amides is 3. The average Bonchev–Trinajstić information content (AvgIpc) is 2.84. The minimum atomic E-state index is -0.371. The molecule has 1 saturated carbocycles. The molecule has 1 heterocycles. The lowest BCUT2D eigenvalue weighted by Crippen LogP contribution is -2.31. The fourth-order valence-corrected chi connectivity index (χ4v) is 3.51. The van der Waals surface area contributed by atoms with Crippen molar-refractivity contribution in [1.82, 2.24) is 10.2 Å². The van der Waals surface area contributed by atoms with Crippen molar-refractivity contribution >= 4 is 17.7 Å². The molecule has 1 aromatic carbocycles. The van der Waals surface area contributed by atoms with E-state index in [1.807, 2.05) is 0 Å². The van der Waals surface area contributed by atoms with Crippen LogP contribution in [0.15, 0.2) is 18.2 Å². The van der Waals surface area contributed by atoms with Gasteiger partial charge in [-0.05, 0) is 37.0 Å². The van der Waals surface area contributed by atoms with E-state index < -0.39 is 0 Å². The second-order valence-corrected chi connectivity index (χ2v) is 6.86. The number of benzene rings is 1. The molecule has 1 N–H and O–H groups in total. The molecule has 3 amide bonds. The largest absolute Gasteiger partial charge is 0.376 e. The van der Waals surface area contributed by atoms with Gasteiger partial charge in [-0.1, -0.05) is 19.8 Å². The van der Waals surface area contributed by atoms with Gasteiger partial charge in [0.05, 0.1) is 23.8 Å². The second-order valence-electron chi connectivity index (χ2n) is 6.86. The summed E-state index contributed by atoms with van der Waals surface area (Å²) in [5.74, 6) is -0.397. The highest BCUT2D eigenvalue weighted by Crippen LogP contribution is 2.26. The summed E-state index contributed by atoms with van der Waals surface area (Å²) in [6.45, 7) is 3.11. The van der Waals surface area contributed by atoms with Gasteiger partial charge in [0.25, 0.3) is 17.7 Å². The molecule has 134 valence electrons. The van der Waals surface area contributed by atoms with Crippen LogP contribution in [0, 0.1) is 5.92 Å². The van der Waals surface area contributed by atoms with Gasteiger partial charge in [0.1, 0.15) is 0 Å². The van der Waals surface area contributed by atoms with Crippen molar-refractivity contribution in [3.8, 4) is 0 Å². The molecule has 0 aromatic heterocycles. The molecule has 3 rings (SSSR count). The number of hydrogen-bond donors (Lipinski definition) is 1. The van der Waals surface area contributed by atoms with E-state index in [1.54, 1.807) is 6.07 Å². The number of rotatable bonds is 5. The molecule has 6 nitrogen and oxygen atoms in total. The summed E-state index contributed by atoms with van der Waals surface area (Å²) in [6.07, 6.45) is 5.05. The molecule has 1 aliphatic carbocycles. The lowest BCUT2D eigenvalue weighted by atomic mass is 9.88. The van der Waals surface area contributed by atoms with Crippen LogP contribution in [0.1, 0.15) is 63.7 Å². The zero-order valence-corrected chi connectivity index (χ0v) is 14.7. The highest BCUT2D eigenvalue weighted by Gasteiger charge is 2.33. The van der Waals surface area contributed by atoms with Crippen LogP contribution in [0.4, 0.5) is 0 Å². The average molecular weight is 344 g/mol. The molecule has 1 aliphatic heterocycles. The van der Waals surface area contributed by atoms with E-state index in [0.29, 0.717) is 30.2 Å². The Bertz CT molecular complexity index is 701. The van der Waals surface area contributed by atoms with Gasteiger partial charge in [-0.25, -0.2) is 0 Å². The highest BCUT2D eigenvalue weighted by molar-refractivity contribution is 6.21. The molecule has 0 radical (unpaired) electrons. The Morgan fingerprint density at radius 2 is 1.92 bits per heavy atom. The molecule has 2 atom stereocenters. The predicted molar refractivity (Wildman–Crippen MR) is 92.6 cm³/mol. The van der Waals surface area contributed by atoms with Gasteiger partial charge in [-0.3, -0.25) is 19.3 Å². The van der Waals surface area contributed by atoms with Gasteiger partial charge < -0.3 is 10.1 Å². The number of fused-ring (bicyclic) bond motifs is 1. The molecule has 0 saturated heterocycles. The normalized spacial score (nSPS) is 22.9. The molecule has 2 unspecified atom stereocenters. The fourth-order valence-electron chi connectivity index (χ4n) is 3.51. The quantitative estimate of drug-likeness (QED) is 0.656. The number of carbonyl (C=O) groups excluding carboxylic acids is 3. The summed E-state index contributed by atoms with van der Waals surface area (Å²) in [7, 11) is 1.44. The van der Waals surface area contributed by atoms with Crippen LogP contribution in [-0.4, -0.2) is 48.9 Å². The number of ether oxygens (including phenoxy) is 1. The van der Waals surface area contributed by atoms with E-state index in [9.17, 15) is 14.4 Å². The fraction of sp³-hybridized carbons (Fsp3) is 0.526. The molecule has 25 heavy (non-hydrogen) atoms. The predicted octanol–water partition coefficient (Wildman–Crippen LogP) is 2.24. The first-order valence-corrected chi connectivity index (χ1v) is 8.85. The second kappa shape index (κ2) is 7.35. The Balaban J connectivity index is 1.52. The lowest BCUT2D eigenvalue weighted by Gasteiger charge is -2.28. The lowest BCUT2D eigenvalue weighted by molar-refractivity contribution is -0.00293. The third kappa shape index (κ3) is 3.58. The number of carbonyl (C=O) groups is 3. The van der Waals surface area contributed by atoms with Gasteiger partial charge >= 0.3 is 0 Å². The maximum atomic E-state index is 12.3. The van der Waals surface area contributed by atoms with Gasteiger partial charge in [0, 0.05) is 19.2 Å². The van der Waals surface area contributed by atoms with Gasteiger partial charge in [-0.2, -0.15) is 0 Å². The summed E-state index contributed by atoms with van der Waals surface area (Å²) in [5.41, 5.74) is 1.01. The van der Waals surface area contributed by atoms with Crippen LogP contribution in [0.3, 0.4) is 0 Å². The maximum Gasteiger partial charge on any atom is 0.261 e. The first kappa shape index (κ1) is 17.6. The number of nitrogens with one attached hydrogen (secondary N) is 1. The van der Waals surface area contributed by atoms with Crippen LogP contribution in [-0.2, 0) is 4.74 Å². The third-order valence-corrected chi connectivity index (χ3v) is 5.10. The monoisotopic (exact) mass is 344 g/mol. The van der Waals surface area contributed by atoms with Gasteiger partial charge in [-0.15, -0.1) is 0 Å². The summed E-state index contributed by atoms with van der Waals surface area (Å²) in [4.78, 5) is 37.2. The summed E-state index contributed by atoms with van der Waals surface area (Å²) >= 11 is 0. The zero-order chi connectivity index (χ0) is 18.0. The SMILES string of the molecule is CC1CCCCC1OCCNC(=O)c1ccc2c(c1)C(=O)N(C)C2=O. The number of nitrogens with zero attached hydrogens (tertiary/aromatic N) is 1. The van der Waals surface area contributed by atoms with Crippen LogP contribution in [0.5, 0.6) is 0 Å². The Hall–Kier alpha value is -2.21. The van der Waals surface area contributed by atoms with Crippen molar-refractivity contribution in [3.05, 3.63) is 34.9 Å². The highest BCUT2D eigenvalue weighted by atomic mass is 16.5. The summed E-state index contributed by atoms with van der Waals surface area (Å²) < 4.78 is 5.88.